The molecule has 1 aromatic rings. The first kappa shape index (κ1) is 19.4. The van der Waals surface area contributed by atoms with Crippen LogP contribution in [0.3, 0.4) is 0 Å². The van der Waals surface area contributed by atoms with Crippen molar-refractivity contribution in [2.24, 2.45) is 23.7 Å². The van der Waals surface area contributed by atoms with Gasteiger partial charge >= 0.3 is 0 Å². The highest BCUT2D eigenvalue weighted by molar-refractivity contribution is 5.98. The fourth-order valence-corrected chi connectivity index (χ4v) is 6.86. The Kier molecular flexibility index (Phi) is 4.46. The number of nitrogens with zero attached hydrogens (tertiary/aromatic N) is 1. The van der Waals surface area contributed by atoms with E-state index >= 15 is 0 Å². The summed E-state index contributed by atoms with van der Waals surface area (Å²) in [7, 11) is 1.61. The summed E-state index contributed by atoms with van der Waals surface area (Å²) in [5, 5.41) is 6.59. The van der Waals surface area contributed by atoms with Crippen LogP contribution in [-0.4, -0.2) is 55.2 Å². The first-order chi connectivity index (χ1) is 15.0. The number of benzene rings is 1. The van der Waals surface area contributed by atoms with E-state index in [-0.39, 0.29) is 29.6 Å². The van der Waals surface area contributed by atoms with Crippen molar-refractivity contribution in [2.75, 3.05) is 26.7 Å². The third-order valence-corrected chi connectivity index (χ3v) is 8.59. The molecule has 2 N–H and O–H groups in total. The monoisotopic (exact) mass is 425 g/mol. The summed E-state index contributed by atoms with van der Waals surface area (Å²) in [6, 6.07) is 5.63. The Morgan fingerprint density at radius 2 is 2.06 bits per heavy atom. The molecular weight excluding hydrogens is 394 g/mol. The lowest BCUT2D eigenvalue weighted by Gasteiger charge is -2.55. The quantitative estimate of drug-likeness (QED) is 0.776. The van der Waals surface area contributed by atoms with E-state index in [9.17, 15) is 9.59 Å². The standard InChI is InChI=1S/C24H31N3O4/c1-30-17-4-5-18-21(11-17)31-24(26-23(18)29)12-15-2-3-16(24)10-19(15)22(28)25-20-13-27-8-6-14(20)7-9-27/h4-5,11,14-16,19-20H,2-3,6-10,12-13H2,1H3,(H,25,28)(H,26,29)/t15-,16+,19-,20+,24+/m0/s1. The molecule has 0 aromatic heterocycles. The maximum atomic E-state index is 13.3. The van der Waals surface area contributed by atoms with Gasteiger partial charge in [-0.15, -0.1) is 0 Å². The molecule has 4 heterocycles. The minimum Gasteiger partial charge on any atom is -0.497 e. The van der Waals surface area contributed by atoms with Gasteiger partial charge in [-0.2, -0.15) is 0 Å². The molecule has 7 aliphatic rings. The van der Waals surface area contributed by atoms with E-state index in [2.05, 4.69) is 15.5 Å². The van der Waals surface area contributed by atoms with E-state index in [0.717, 1.165) is 25.8 Å². The molecule has 31 heavy (non-hydrogen) atoms. The summed E-state index contributed by atoms with van der Waals surface area (Å²) in [6.07, 6.45) is 5.87. The van der Waals surface area contributed by atoms with Crippen molar-refractivity contribution in [1.29, 1.82) is 0 Å². The SMILES string of the molecule is COc1ccc2c(c1)O[C@@]1(C[C@@H]3CC[C@@H]1C[C@@H]3C(=O)N[C@@H]1CN3CCC1CC3)NC2=O. The van der Waals surface area contributed by atoms with Crippen molar-refractivity contribution in [3.8, 4) is 11.5 Å². The Labute approximate surface area is 182 Å². The highest BCUT2D eigenvalue weighted by atomic mass is 16.5. The normalized spacial score (nSPS) is 40.1. The third kappa shape index (κ3) is 3.12. The van der Waals surface area contributed by atoms with Crippen LogP contribution in [0.5, 0.6) is 11.5 Å². The van der Waals surface area contributed by atoms with Gasteiger partial charge in [-0.25, -0.2) is 0 Å². The van der Waals surface area contributed by atoms with Gasteiger partial charge in [0.25, 0.3) is 5.91 Å². The van der Waals surface area contributed by atoms with Crippen molar-refractivity contribution >= 4 is 11.8 Å². The lowest BCUT2D eigenvalue weighted by molar-refractivity contribution is -0.148. The molecule has 4 bridgehead atoms. The van der Waals surface area contributed by atoms with Crippen molar-refractivity contribution in [3.63, 3.8) is 0 Å². The Morgan fingerprint density at radius 3 is 2.74 bits per heavy atom. The number of ether oxygens (including phenoxy) is 2. The van der Waals surface area contributed by atoms with E-state index in [4.69, 9.17) is 9.47 Å². The van der Waals surface area contributed by atoms with Gasteiger partial charge in [0.05, 0.1) is 12.7 Å². The second kappa shape index (κ2) is 7.12. The minimum absolute atomic E-state index is 0.0204. The largest absolute Gasteiger partial charge is 0.497 e. The van der Waals surface area contributed by atoms with Crippen molar-refractivity contribution in [1.82, 2.24) is 15.5 Å². The molecule has 8 rings (SSSR count). The van der Waals surface area contributed by atoms with Gasteiger partial charge in [-0.3, -0.25) is 9.59 Å². The number of carbonyl (C=O) groups excluding carboxylic acids is 2. The molecule has 1 spiro atoms. The fourth-order valence-electron chi connectivity index (χ4n) is 6.86. The van der Waals surface area contributed by atoms with E-state index in [0.29, 0.717) is 35.4 Å². The number of hydrogen-bond donors (Lipinski definition) is 2. The maximum absolute atomic E-state index is 13.3. The fraction of sp³-hybridized carbons (Fsp3) is 0.667. The van der Waals surface area contributed by atoms with Gasteiger partial charge in [0.2, 0.25) is 5.91 Å². The molecule has 3 aliphatic carbocycles. The van der Waals surface area contributed by atoms with Crippen LogP contribution >= 0.6 is 0 Å². The summed E-state index contributed by atoms with van der Waals surface area (Å²) in [5.41, 5.74) is -0.157. The smallest absolute Gasteiger partial charge is 0.258 e. The molecule has 3 saturated heterocycles. The Morgan fingerprint density at radius 1 is 1.23 bits per heavy atom. The zero-order valence-electron chi connectivity index (χ0n) is 18.1. The van der Waals surface area contributed by atoms with Crippen LogP contribution in [0.4, 0.5) is 0 Å². The van der Waals surface area contributed by atoms with Crippen LogP contribution in [0.25, 0.3) is 0 Å². The number of rotatable bonds is 3. The zero-order chi connectivity index (χ0) is 21.2. The number of carbonyl (C=O) groups is 2. The molecule has 2 amide bonds. The van der Waals surface area contributed by atoms with Crippen molar-refractivity contribution in [3.05, 3.63) is 23.8 Å². The van der Waals surface area contributed by atoms with Crippen LogP contribution < -0.4 is 20.1 Å². The lowest BCUT2D eigenvalue weighted by Crippen LogP contribution is -2.67. The number of amides is 2. The van der Waals surface area contributed by atoms with Gasteiger partial charge in [0, 0.05) is 36.9 Å². The number of fused-ring (bicyclic) bond motifs is 6. The molecule has 0 unspecified atom stereocenters. The Balaban J connectivity index is 1.19. The summed E-state index contributed by atoms with van der Waals surface area (Å²) in [6.45, 7) is 3.35. The number of nitrogens with one attached hydrogen (secondary N) is 2. The molecule has 4 aliphatic heterocycles. The van der Waals surface area contributed by atoms with Gasteiger partial charge in [0.15, 0.2) is 5.72 Å². The van der Waals surface area contributed by atoms with Gasteiger partial charge < -0.3 is 25.0 Å². The van der Waals surface area contributed by atoms with E-state index < -0.39 is 5.72 Å². The summed E-state index contributed by atoms with van der Waals surface area (Å²) in [5.74, 6) is 2.42. The third-order valence-electron chi connectivity index (χ3n) is 8.59. The molecule has 7 heteroatoms. The highest BCUT2D eigenvalue weighted by Gasteiger charge is 2.57. The average Bonchev–Trinajstić information content (AvgIpc) is 2.79. The molecular formula is C24H31N3O4. The van der Waals surface area contributed by atoms with Gasteiger partial charge in [-0.05, 0) is 69.2 Å². The maximum Gasteiger partial charge on any atom is 0.258 e. The second-order valence-electron chi connectivity index (χ2n) is 10.1. The number of hydrogen-bond acceptors (Lipinski definition) is 5. The minimum atomic E-state index is -0.703. The Bertz CT molecular complexity index is 912. The molecule has 0 radical (unpaired) electrons. The van der Waals surface area contributed by atoms with Crippen LogP contribution in [0.2, 0.25) is 0 Å². The summed E-state index contributed by atoms with van der Waals surface area (Å²) in [4.78, 5) is 28.6. The first-order valence-electron chi connectivity index (χ1n) is 11.8. The van der Waals surface area contributed by atoms with E-state index in [1.54, 1.807) is 25.3 Å². The van der Waals surface area contributed by atoms with Crippen LogP contribution in [-0.2, 0) is 4.79 Å². The average molecular weight is 426 g/mol. The van der Waals surface area contributed by atoms with Gasteiger partial charge in [-0.1, -0.05) is 0 Å². The van der Waals surface area contributed by atoms with Crippen LogP contribution in [0.15, 0.2) is 18.2 Å². The predicted octanol–water partition coefficient (Wildman–Crippen LogP) is 2.16. The topological polar surface area (TPSA) is 79.9 Å². The Hall–Kier alpha value is -2.28. The number of piperidine rings is 3. The van der Waals surface area contributed by atoms with Crippen molar-refractivity contribution in [2.45, 2.75) is 50.3 Å². The molecule has 6 fully saturated rings. The molecule has 7 nitrogen and oxygen atoms in total. The highest BCUT2D eigenvalue weighted by Crippen LogP contribution is 2.52. The molecule has 1 aromatic carbocycles. The summed E-state index contributed by atoms with van der Waals surface area (Å²) >= 11 is 0. The predicted molar refractivity (Wildman–Crippen MR) is 114 cm³/mol. The zero-order valence-corrected chi connectivity index (χ0v) is 18.1. The van der Waals surface area contributed by atoms with E-state index in [1.807, 2.05) is 0 Å². The molecule has 3 saturated carbocycles. The van der Waals surface area contributed by atoms with E-state index in [1.165, 1.54) is 25.9 Å². The molecule has 166 valence electrons. The lowest BCUT2D eigenvalue weighted by atomic mass is 9.59. The second-order valence-corrected chi connectivity index (χ2v) is 10.1. The van der Waals surface area contributed by atoms with Gasteiger partial charge in [0.1, 0.15) is 11.5 Å². The van der Waals surface area contributed by atoms with Crippen molar-refractivity contribution < 1.29 is 19.1 Å². The van der Waals surface area contributed by atoms with Crippen LogP contribution in [0, 0.1) is 23.7 Å². The molecule has 5 atom stereocenters. The summed E-state index contributed by atoms with van der Waals surface area (Å²) < 4.78 is 11.8. The number of methoxy groups -OCH3 is 1. The first-order valence-corrected chi connectivity index (χ1v) is 11.8. The van der Waals surface area contributed by atoms with Crippen LogP contribution in [0.1, 0.15) is 48.9 Å².